The largest absolute Gasteiger partial charge is 0.416 e. The third-order valence-corrected chi connectivity index (χ3v) is 7.30. The molecule has 1 fully saturated rings. The molecule has 3 aromatic rings. The number of nitrogens with zero attached hydrogens (tertiary/aromatic N) is 1. The quantitative estimate of drug-likeness (QED) is 0.265. The van der Waals surface area contributed by atoms with Crippen LogP contribution in [0.25, 0.3) is 0 Å². The van der Waals surface area contributed by atoms with Gasteiger partial charge in [-0.05, 0) is 91.8 Å². The molecule has 1 aliphatic heterocycles. The number of piperidine rings is 1. The van der Waals surface area contributed by atoms with E-state index in [1.165, 1.54) is 29.8 Å². The van der Waals surface area contributed by atoms with E-state index in [0.29, 0.717) is 36.6 Å². The van der Waals surface area contributed by atoms with Gasteiger partial charge in [0.1, 0.15) is 5.82 Å². The number of amides is 1. The van der Waals surface area contributed by atoms with Crippen LogP contribution < -0.4 is 5.32 Å². The fourth-order valence-corrected chi connectivity index (χ4v) is 5.10. The summed E-state index contributed by atoms with van der Waals surface area (Å²) >= 11 is 0. The van der Waals surface area contributed by atoms with Crippen molar-refractivity contribution in [1.29, 1.82) is 0 Å². The lowest BCUT2D eigenvalue weighted by atomic mass is 9.89. The molecular formula is C30H30ClF7N2O. The van der Waals surface area contributed by atoms with E-state index in [1.807, 2.05) is 18.2 Å². The molecule has 1 amide bonds. The van der Waals surface area contributed by atoms with Crippen molar-refractivity contribution in [1.82, 2.24) is 10.2 Å². The summed E-state index contributed by atoms with van der Waals surface area (Å²) < 4.78 is 92.9. The number of hydrogen-bond donors (Lipinski definition) is 1. The number of carbonyl (C=O) groups excluding carboxylic acids is 1. The first kappa shape index (κ1) is 32.4. The van der Waals surface area contributed by atoms with Gasteiger partial charge in [0.2, 0.25) is 5.91 Å². The van der Waals surface area contributed by atoms with Crippen LogP contribution in [0, 0.1) is 5.82 Å². The first-order chi connectivity index (χ1) is 18.9. The summed E-state index contributed by atoms with van der Waals surface area (Å²) in [7, 11) is 0. The van der Waals surface area contributed by atoms with E-state index in [2.05, 4.69) is 22.3 Å². The van der Waals surface area contributed by atoms with E-state index in [1.54, 1.807) is 0 Å². The van der Waals surface area contributed by atoms with Gasteiger partial charge in [-0.2, -0.15) is 26.3 Å². The Morgan fingerprint density at radius 1 is 0.854 bits per heavy atom. The molecule has 41 heavy (non-hydrogen) atoms. The standard InChI is InChI=1S/C30H29F7N2O.ClH/c31-26-8-6-23(7-9-26)27(12-15-39-13-10-22(11-14-39)21-4-2-1-3-5-21)28(40)38-19-20-16-24(29(32,33)34)18-25(17-20)30(35,36)37;/h1-9,16-18,22,27H,10-15,19H2,(H,38,40);1H/t27-;/m0./s1. The van der Waals surface area contributed by atoms with Crippen LogP contribution in [0.3, 0.4) is 0 Å². The van der Waals surface area contributed by atoms with Crippen molar-refractivity contribution in [3.8, 4) is 0 Å². The summed E-state index contributed by atoms with van der Waals surface area (Å²) in [5.41, 5.74) is -1.41. The number of carbonyl (C=O) groups is 1. The van der Waals surface area contributed by atoms with Crippen LogP contribution in [0.4, 0.5) is 30.7 Å². The molecule has 0 unspecified atom stereocenters. The van der Waals surface area contributed by atoms with Crippen molar-refractivity contribution in [2.45, 2.75) is 50.0 Å². The van der Waals surface area contributed by atoms with Gasteiger partial charge in [-0.1, -0.05) is 42.5 Å². The molecule has 0 spiro atoms. The predicted octanol–water partition coefficient (Wildman–Crippen LogP) is 7.95. The van der Waals surface area contributed by atoms with Gasteiger partial charge >= 0.3 is 12.4 Å². The maximum Gasteiger partial charge on any atom is 0.416 e. The molecule has 0 radical (unpaired) electrons. The molecule has 0 saturated carbocycles. The Hall–Kier alpha value is -3.11. The normalized spacial score (nSPS) is 15.7. The number of hydrogen-bond acceptors (Lipinski definition) is 2. The topological polar surface area (TPSA) is 32.3 Å². The molecule has 0 bridgehead atoms. The minimum atomic E-state index is -4.98. The maximum absolute atomic E-state index is 13.5. The Labute approximate surface area is 240 Å². The van der Waals surface area contributed by atoms with Gasteiger partial charge in [0.15, 0.2) is 0 Å². The highest BCUT2D eigenvalue weighted by Crippen LogP contribution is 2.36. The van der Waals surface area contributed by atoms with Crippen LogP contribution in [0.1, 0.15) is 58.9 Å². The van der Waals surface area contributed by atoms with E-state index in [4.69, 9.17) is 0 Å². The molecule has 222 valence electrons. The Bertz CT molecular complexity index is 1240. The highest BCUT2D eigenvalue weighted by Gasteiger charge is 2.37. The molecule has 1 atom stereocenters. The van der Waals surface area contributed by atoms with E-state index in [9.17, 15) is 35.5 Å². The van der Waals surface area contributed by atoms with Gasteiger partial charge in [0.25, 0.3) is 0 Å². The maximum atomic E-state index is 13.5. The second-order valence-electron chi connectivity index (χ2n) is 10.1. The van der Waals surface area contributed by atoms with Gasteiger partial charge in [-0.15, -0.1) is 12.4 Å². The molecule has 1 aliphatic rings. The molecule has 11 heteroatoms. The summed E-state index contributed by atoms with van der Waals surface area (Å²) in [6.45, 7) is 1.67. The van der Waals surface area contributed by atoms with Crippen LogP contribution in [0.15, 0.2) is 72.8 Å². The van der Waals surface area contributed by atoms with Crippen molar-refractivity contribution in [3.05, 3.63) is 106 Å². The molecule has 0 aromatic heterocycles. The van der Waals surface area contributed by atoms with Crippen molar-refractivity contribution in [3.63, 3.8) is 0 Å². The third kappa shape index (κ3) is 8.94. The monoisotopic (exact) mass is 602 g/mol. The highest BCUT2D eigenvalue weighted by atomic mass is 35.5. The average Bonchev–Trinajstić information content (AvgIpc) is 2.92. The minimum absolute atomic E-state index is 0. The zero-order chi connectivity index (χ0) is 28.9. The molecule has 0 aliphatic carbocycles. The molecule has 1 heterocycles. The summed E-state index contributed by atoms with van der Waals surface area (Å²) in [6, 6.07) is 16.8. The molecule has 3 aromatic carbocycles. The van der Waals surface area contributed by atoms with E-state index >= 15 is 0 Å². The van der Waals surface area contributed by atoms with Crippen LogP contribution in [-0.4, -0.2) is 30.4 Å². The Morgan fingerprint density at radius 3 is 1.95 bits per heavy atom. The van der Waals surface area contributed by atoms with Crippen LogP contribution >= 0.6 is 12.4 Å². The molecule has 3 nitrogen and oxygen atoms in total. The number of benzene rings is 3. The van der Waals surface area contributed by atoms with Crippen molar-refractivity contribution in [2.75, 3.05) is 19.6 Å². The lowest BCUT2D eigenvalue weighted by molar-refractivity contribution is -0.143. The number of halogens is 8. The van der Waals surface area contributed by atoms with Crippen molar-refractivity contribution < 1.29 is 35.5 Å². The van der Waals surface area contributed by atoms with Crippen LogP contribution in [0.5, 0.6) is 0 Å². The number of nitrogens with one attached hydrogen (secondary N) is 1. The van der Waals surface area contributed by atoms with Gasteiger partial charge in [-0.3, -0.25) is 4.79 Å². The SMILES string of the molecule is Cl.O=C(NCc1cc(C(F)(F)F)cc(C(F)(F)F)c1)[C@@H](CCN1CCC(c2ccccc2)CC1)c1ccc(F)cc1. The molecular weight excluding hydrogens is 573 g/mol. The average molecular weight is 603 g/mol. The minimum Gasteiger partial charge on any atom is -0.351 e. The van der Waals surface area contributed by atoms with Gasteiger partial charge in [-0.25, -0.2) is 4.39 Å². The van der Waals surface area contributed by atoms with Crippen molar-refractivity contribution in [2.24, 2.45) is 0 Å². The van der Waals surface area contributed by atoms with Crippen molar-refractivity contribution >= 4 is 18.3 Å². The Kier molecular flexibility index (Phi) is 10.8. The lowest BCUT2D eigenvalue weighted by Gasteiger charge is -2.33. The summed E-state index contributed by atoms with van der Waals surface area (Å²) in [5.74, 6) is -1.37. The molecule has 1 N–H and O–H groups in total. The van der Waals surface area contributed by atoms with Crippen LogP contribution in [-0.2, 0) is 23.7 Å². The number of likely N-dealkylation sites (tertiary alicyclic amines) is 1. The Morgan fingerprint density at radius 2 is 1.41 bits per heavy atom. The second kappa shape index (κ2) is 13.7. The lowest BCUT2D eigenvalue weighted by Crippen LogP contribution is -2.36. The Balaban J connectivity index is 0.00000462. The van der Waals surface area contributed by atoms with E-state index < -0.39 is 47.7 Å². The van der Waals surface area contributed by atoms with Gasteiger partial charge in [0.05, 0.1) is 17.0 Å². The first-order valence-electron chi connectivity index (χ1n) is 13.0. The fourth-order valence-electron chi connectivity index (χ4n) is 5.10. The third-order valence-electron chi connectivity index (χ3n) is 7.30. The van der Waals surface area contributed by atoms with E-state index in [0.717, 1.165) is 25.9 Å². The van der Waals surface area contributed by atoms with Gasteiger partial charge in [0, 0.05) is 6.54 Å². The zero-order valence-corrected chi connectivity index (χ0v) is 22.8. The molecule has 4 rings (SSSR count). The molecule has 1 saturated heterocycles. The number of rotatable bonds is 8. The predicted molar refractivity (Wildman–Crippen MR) is 144 cm³/mol. The second-order valence-corrected chi connectivity index (χ2v) is 10.1. The smallest absolute Gasteiger partial charge is 0.351 e. The number of alkyl halides is 6. The summed E-state index contributed by atoms with van der Waals surface area (Å²) in [4.78, 5) is 15.4. The fraction of sp³-hybridized carbons (Fsp3) is 0.367. The first-order valence-corrected chi connectivity index (χ1v) is 13.0. The summed E-state index contributed by atoms with van der Waals surface area (Å²) in [5, 5.41) is 2.50. The zero-order valence-electron chi connectivity index (χ0n) is 21.9. The van der Waals surface area contributed by atoms with Gasteiger partial charge < -0.3 is 10.2 Å². The van der Waals surface area contributed by atoms with E-state index in [-0.39, 0.29) is 24.0 Å². The highest BCUT2D eigenvalue weighted by molar-refractivity contribution is 5.85. The summed E-state index contributed by atoms with van der Waals surface area (Å²) in [6.07, 6.45) is -7.71. The van der Waals surface area contributed by atoms with Crippen LogP contribution in [0.2, 0.25) is 0 Å².